The third-order valence-corrected chi connectivity index (χ3v) is 6.98. The summed E-state index contributed by atoms with van der Waals surface area (Å²) in [6.07, 6.45) is 0. The third kappa shape index (κ3) is 4.91. The molecule has 0 saturated carbocycles. The predicted octanol–water partition coefficient (Wildman–Crippen LogP) is 2.90. The largest absolute Gasteiger partial charge is 0.325 e. The van der Waals surface area contributed by atoms with Crippen molar-refractivity contribution in [3.63, 3.8) is 0 Å². The summed E-state index contributed by atoms with van der Waals surface area (Å²) < 4.78 is 27.0. The van der Waals surface area contributed by atoms with E-state index in [1.54, 1.807) is 36.4 Å². The monoisotopic (exact) mass is 421 g/mol. The summed E-state index contributed by atoms with van der Waals surface area (Å²) in [5.74, 6) is -0.139. The summed E-state index contributed by atoms with van der Waals surface area (Å²) in [4.78, 5) is 14.6. The summed E-state index contributed by atoms with van der Waals surface area (Å²) in [6, 6.07) is 12.2. The second-order valence-electron chi connectivity index (χ2n) is 7.00. The second kappa shape index (κ2) is 8.61. The van der Waals surface area contributed by atoms with Crippen molar-refractivity contribution in [3.05, 3.63) is 58.6 Å². The lowest BCUT2D eigenvalue weighted by Crippen LogP contribution is -2.50. The molecule has 2 aromatic carbocycles. The number of sulfonamides is 1. The molecule has 2 aromatic rings. The van der Waals surface area contributed by atoms with Crippen LogP contribution in [0, 0.1) is 13.8 Å². The highest BCUT2D eigenvalue weighted by molar-refractivity contribution is 7.89. The summed E-state index contributed by atoms with van der Waals surface area (Å²) in [7, 11) is -3.50. The SMILES string of the molecule is Cc1ccc(S(=O)(=O)N2CCN(CC(=O)Nc3cc(Cl)ccc3C)CC2)cc1. The zero-order valence-corrected chi connectivity index (χ0v) is 17.6. The van der Waals surface area contributed by atoms with Gasteiger partial charge in [0.05, 0.1) is 11.4 Å². The van der Waals surface area contributed by atoms with E-state index < -0.39 is 10.0 Å². The van der Waals surface area contributed by atoms with Gasteiger partial charge in [-0.2, -0.15) is 4.31 Å². The van der Waals surface area contributed by atoms with Crippen LogP contribution in [-0.4, -0.2) is 56.3 Å². The molecule has 0 aliphatic carbocycles. The number of aryl methyl sites for hydroxylation is 2. The molecule has 0 atom stereocenters. The number of hydrogen-bond acceptors (Lipinski definition) is 4. The summed E-state index contributed by atoms with van der Waals surface area (Å²) in [5, 5.41) is 3.44. The molecule has 1 N–H and O–H groups in total. The molecule has 1 aliphatic heterocycles. The quantitative estimate of drug-likeness (QED) is 0.805. The summed E-state index contributed by atoms with van der Waals surface area (Å²) in [5.41, 5.74) is 2.65. The number of benzene rings is 2. The van der Waals surface area contributed by atoms with E-state index in [1.165, 1.54) is 4.31 Å². The molecule has 0 bridgehead atoms. The van der Waals surface area contributed by atoms with Gasteiger partial charge >= 0.3 is 0 Å². The van der Waals surface area contributed by atoms with Gasteiger partial charge in [0, 0.05) is 36.9 Å². The minimum Gasteiger partial charge on any atom is -0.325 e. The molecule has 3 rings (SSSR count). The molecule has 0 unspecified atom stereocenters. The maximum Gasteiger partial charge on any atom is 0.243 e. The minimum absolute atomic E-state index is 0.139. The van der Waals surface area contributed by atoms with Gasteiger partial charge in [-0.1, -0.05) is 35.4 Å². The van der Waals surface area contributed by atoms with Crippen molar-refractivity contribution in [1.82, 2.24) is 9.21 Å². The van der Waals surface area contributed by atoms with Crippen molar-refractivity contribution in [2.45, 2.75) is 18.7 Å². The zero-order chi connectivity index (χ0) is 20.3. The first-order valence-corrected chi connectivity index (χ1v) is 10.9. The van der Waals surface area contributed by atoms with Gasteiger partial charge in [-0.25, -0.2) is 8.42 Å². The van der Waals surface area contributed by atoms with Crippen LogP contribution >= 0.6 is 11.6 Å². The van der Waals surface area contributed by atoms with E-state index in [0.717, 1.165) is 11.1 Å². The average molecular weight is 422 g/mol. The van der Waals surface area contributed by atoms with Crippen molar-refractivity contribution in [3.8, 4) is 0 Å². The maximum atomic E-state index is 12.8. The maximum absolute atomic E-state index is 12.8. The number of carbonyl (C=O) groups is 1. The first-order valence-electron chi connectivity index (χ1n) is 9.11. The van der Waals surface area contributed by atoms with Gasteiger partial charge in [0.15, 0.2) is 0 Å². The molecule has 1 amide bonds. The number of carbonyl (C=O) groups excluding carboxylic acids is 1. The standard InChI is InChI=1S/C20H24ClN3O3S/c1-15-3-7-18(8-4-15)28(26,27)24-11-9-23(10-12-24)14-20(25)22-19-13-17(21)6-5-16(19)2/h3-8,13H,9-12,14H2,1-2H3,(H,22,25). The van der Waals surface area contributed by atoms with Gasteiger partial charge in [0.1, 0.15) is 0 Å². The average Bonchev–Trinajstić information content (AvgIpc) is 2.65. The van der Waals surface area contributed by atoms with Crippen LogP contribution in [0.3, 0.4) is 0 Å². The van der Waals surface area contributed by atoms with E-state index in [9.17, 15) is 13.2 Å². The van der Waals surface area contributed by atoms with Crippen molar-refractivity contribution < 1.29 is 13.2 Å². The summed E-state index contributed by atoms with van der Waals surface area (Å²) in [6.45, 7) is 5.77. The lowest BCUT2D eigenvalue weighted by atomic mass is 10.2. The van der Waals surface area contributed by atoms with Crippen LogP contribution in [0.4, 0.5) is 5.69 Å². The van der Waals surface area contributed by atoms with Gasteiger partial charge in [-0.15, -0.1) is 0 Å². The number of piperazine rings is 1. The molecular weight excluding hydrogens is 398 g/mol. The van der Waals surface area contributed by atoms with Gasteiger partial charge in [0.2, 0.25) is 15.9 Å². The van der Waals surface area contributed by atoms with Crippen LogP contribution in [0.25, 0.3) is 0 Å². The Bertz CT molecular complexity index is 953. The smallest absolute Gasteiger partial charge is 0.243 e. The molecule has 1 fully saturated rings. The molecule has 150 valence electrons. The van der Waals surface area contributed by atoms with E-state index in [4.69, 9.17) is 11.6 Å². The number of nitrogens with one attached hydrogen (secondary N) is 1. The fourth-order valence-electron chi connectivity index (χ4n) is 3.11. The molecule has 0 aromatic heterocycles. The highest BCUT2D eigenvalue weighted by Gasteiger charge is 2.29. The Morgan fingerprint density at radius 1 is 1.04 bits per heavy atom. The topological polar surface area (TPSA) is 69.7 Å². The lowest BCUT2D eigenvalue weighted by molar-refractivity contribution is -0.117. The normalized spacial score (nSPS) is 16.1. The summed E-state index contributed by atoms with van der Waals surface area (Å²) >= 11 is 5.99. The number of anilines is 1. The Morgan fingerprint density at radius 3 is 2.32 bits per heavy atom. The number of nitrogens with zero attached hydrogens (tertiary/aromatic N) is 2. The Balaban J connectivity index is 1.55. The molecule has 0 spiro atoms. The number of halogens is 1. The minimum atomic E-state index is -3.50. The first kappa shape index (κ1) is 20.8. The fourth-order valence-corrected chi connectivity index (χ4v) is 4.70. The van der Waals surface area contributed by atoms with Gasteiger partial charge < -0.3 is 5.32 Å². The van der Waals surface area contributed by atoms with Crippen molar-refractivity contribution in [2.24, 2.45) is 0 Å². The Hall–Kier alpha value is -1.93. The van der Waals surface area contributed by atoms with E-state index in [-0.39, 0.29) is 12.5 Å². The zero-order valence-electron chi connectivity index (χ0n) is 16.0. The highest BCUT2D eigenvalue weighted by atomic mass is 35.5. The Morgan fingerprint density at radius 2 is 1.68 bits per heavy atom. The molecule has 1 heterocycles. The van der Waals surface area contributed by atoms with Crippen LogP contribution in [0.1, 0.15) is 11.1 Å². The molecule has 6 nitrogen and oxygen atoms in total. The number of rotatable bonds is 5. The van der Waals surface area contributed by atoms with E-state index >= 15 is 0 Å². The molecule has 8 heteroatoms. The highest BCUT2D eigenvalue weighted by Crippen LogP contribution is 2.21. The van der Waals surface area contributed by atoms with Gasteiger partial charge in [-0.05, 0) is 43.7 Å². The van der Waals surface area contributed by atoms with Crippen molar-refractivity contribution >= 4 is 33.2 Å². The molecular formula is C20H24ClN3O3S. The first-order chi connectivity index (χ1) is 13.3. The lowest BCUT2D eigenvalue weighted by Gasteiger charge is -2.33. The van der Waals surface area contributed by atoms with E-state index in [1.807, 2.05) is 24.8 Å². The number of amides is 1. The second-order valence-corrected chi connectivity index (χ2v) is 9.38. The Labute approximate surface area is 171 Å². The van der Waals surface area contributed by atoms with Gasteiger partial charge in [0.25, 0.3) is 0 Å². The van der Waals surface area contributed by atoms with Crippen LogP contribution in [0.5, 0.6) is 0 Å². The molecule has 0 radical (unpaired) electrons. The van der Waals surface area contributed by atoms with Crippen molar-refractivity contribution in [1.29, 1.82) is 0 Å². The predicted molar refractivity (Wildman–Crippen MR) is 111 cm³/mol. The van der Waals surface area contributed by atoms with Crippen LogP contribution < -0.4 is 5.32 Å². The molecule has 1 aliphatic rings. The van der Waals surface area contributed by atoms with E-state index in [2.05, 4.69) is 5.32 Å². The molecule has 1 saturated heterocycles. The van der Waals surface area contributed by atoms with Gasteiger partial charge in [-0.3, -0.25) is 9.69 Å². The fraction of sp³-hybridized carbons (Fsp3) is 0.350. The van der Waals surface area contributed by atoms with Crippen molar-refractivity contribution in [2.75, 3.05) is 38.0 Å². The van der Waals surface area contributed by atoms with Crippen LogP contribution in [0.15, 0.2) is 47.4 Å². The van der Waals surface area contributed by atoms with Crippen LogP contribution in [-0.2, 0) is 14.8 Å². The third-order valence-electron chi connectivity index (χ3n) is 4.83. The molecule has 28 heavy (non-hydrogen) atoms. The number of hydrogen-bond donors (Lipinski definition) is 1. The van der Waals surface area contributed by atoms with Crippen LogP contribution in [0.2, 0.25) is 5.02 Å². The van der Waals surface area contributed by atoms with E-state index in [0.29, 0.717) is 41.8 Å². The Kier molecular flexibility index (Phi) is 6.40.